The molecule has 0 spiro atoms. The molecule has 0 saturated heterocycles. The van der Waals surface area contributed by atoms with E-state index in [4.69, 9.17) is 0 Å². The van der Waals surface area contributed by atoms with E-state index in [0.717, 1.165) is 35.5 Å². The highest BCUT2D eigenvalue weighted by atomic mass is 32.2. The van der Waals surface area contributed by atoms with Gasteiger partial charge in [0, 0.05) is 35.5 Å². The maximum absolute atomic E-state index is 14.8. The maximum Gasteiger partial charge on any atom is 0.171 e. The molecular weight excluding hydrogens is 503 g/mol. The molecule has 0 heterocycles. The summed E-state index contributed by atoms with van der Waals surface area (Å²) in [7, 11) is -3.08. The fraction of sp³-hybridized carbons (Fsp3) is 0. The summed E-state index contributed by atoms with van der Waals surface area (Å²) in [5.74, 6) is 0.483. The molecule has 0 saturated carbocycles. The van der Waals surface area contributed by atoms with Gasteiger partial charge in [-0.2, -0.15) is 0 Å². The molecule has 0 bridgehead atoms. The van der Waals surface area contributed by atoms with E-state index in [2.05, 4.69) is 0 Å². The Bertz CT molecular complexity index is 1390. The van der Waals surface area contributed by atoms with E-state index in [1.807, 2.05) is 103 Å². The molecule has 5 rings (SSSR count). The Balaban J connectivity index is 1.45. The smallest absolute Gasteiger partial charge is 0.171 e. The number of hydrogen-bond acceptors (Lipinski definition) is 5. The second kappa shape index (κ2) is 10.7. The summed E-state index contributed by atoms with van der Waals surface area (Å²) in [6.45, 7) is 0. The Morgan fingerprint density at radius 1 is 0.417 bits per heavy atom. The molecule has 0 radical (unpaired) electrons. The summed E-state index contributed by atoms with van der Waals surface area (Å²) in [6, 6.07) is 39.6. The van der Waals surface area contributed by atoms with Gasteiger partial charge in [-0.1, -0.05) is 53.9 Å². The van der Waals surface area contributed by atoms with Crippen LogP contribution in [0.1, 0.15) is 0 Å². The number of hydrogen-bond donors (Lipinski definition) is 2. The van der Waals surface area contributed by atoms with Crippen molar-refractivity contribution in [2.45, 2.75) is 19.6 Å². The number of phenols is 2. The van der Waals surface area contributed by atoms with Crippen molar-refractivity contribution >= 4 is 46.6 Å². The van der Waals surface area contributed by atoms with Gasteiger partial charge in [-0.05, 0) is 97.1 Å². The number of phenolic OH excluding ortho intramolecular Hbond substituents is 2. The van der Waals surface area contributed by atoms with Crippen molar-refractivity contribution in [1.29, 1.82) is 0 Å². The van der Waals surface area contributed by atoms with E-state index in [1.165, 1.54) is 0 Å². The molecule has 0 aliphatic rings. The lowest BCUT2D eigenvalue weighted by Gasteiger charge is -2.20. The Morgan fingerprint density at radius 2 is 0.722 bits per heavy atom. The SMILES string of the molecule is O=P(c1ccccc1)(c1ccc(Sc2ccc(O)cc2)cc1)c1ccc(Sc2ccc(O)cc2)cc1. The lowest BCUT2D eigenvalue weighted by molar-refractivity contribution is 0.474. The van der Waals surface area contributed by atoms with Crippen LogP contribution in [0.3, 0.4) is 0 Å². The average molecular weight is 527 g/mol. The number of rotatable bonds is 7. The third-order valence-electron chi connectivity index (χ3n) is 5.67. The van der Waals surface area contributed by atoms with E-state index in [1.54, 1.807) is 47.8 Å². The molecule has 0 aliphatic carbocycles. The molecular formula is C30H23O3PS2. The monoisotopic (exact) mass is 526 g/mol. The van der Waals surface area contributed by atoms with Gasteiger partial charge in [0.1, 0.15) is 11.5 Å². The van der Waals surface area contributed by atoms with E-state index in [9.17, 15) is 14.8 Å². The first-order valence-electron chi connectivity index (χ1n) is 11.3. The predicted octanol–water partition coefficient (Wildman–Crippen LogP) is 7.04. The minimum atomic E-state index is -3.08. The number of benzene rings is 5. The zero-order valence-electron chi connectivity index (χ0n) is 19.2. The minimum Gasteiger partial charge on any atom is -0.508 e. The lowest BCUT2D eigenvalue weighted by Crippen LogP contribution is -2.24. The van der Waals surface area contributed by atoms with Crippen LogP contribution in [0.4, 0.5) is 0 Å². The summed E-state index contributed by atoms with van der Waals surface area (Å²) >= 11 is 3.18. The molecule has 2 N–H and O–H groups in total. The molecule has 36 heavy (non-hydrogen) atoms. The minimum absolute atomic E-state index is 0.242. The first kappa shape index (κ1) is 24.3. The summed E-state index contributed by atoms with van der Waals surface area (Å²) in [4.78, 5) is 4.11. The quantitative estimate of drug-likeness (QED) is 0.223. The standard InChI is InChI=1S/C30H23O3PS2/c31-22-6-14-27(15-7-22)35-29-18-10-25(11-19-29)34(33,24-4-2-1-3-5-24)26-12-20-30(21-13-26)36-28-16-8-23(32)9-17-28/h1-21,31-32H. The van der Waals surface area contributed by atoms with Crippen molar-refractivity contribution in [1.82, 2.24) is 0 Å². The normalized spacial score (nSPS) is 11.3. The molecule has 0 unspecified atom stereocenters. The first-order chi connectivity index (χ1) is 17.5. The van der Waals surface area contributed by atoms with Gasteiger partial charge >= 0.3 is 0 Å². The van der Waals surface area contributed by atoms with Crippen LogP contribution in [-0.4, -0.2) is 10.2 Å². The van der Waals surface area contributed by atoms with Crippen molar-refractivity contribution in [2.24, 2.45) is 0 Å². The third kappa shape index (κ3) is 5.39. The van der Waals surface area contributed by atoms with Gasteiger partial charge in [-0.25, -0.2) is 0 Å². The van der Waals surface area contributed by atoms with Crippen molar-refractivity contribution in [3.8, 4) is 11.5 Å². The van der Waals surface area contributed by atoms with Gasteiger partial charge < -0.3 is 14.8 Å². The molecule has 3 nitrogen and oxygen atoms in total. The van der Waals surface area contributed by atoms with Crippen LogP contribution in [0.15, 0.2) is 147 Å². The average Bonchev–Trinajstić information content (AvgIpc) is 2.92. The summed E-state index contributed by atoms with van der Waals surface area (Å²) < 4.78 is 14.8. The molecule has 0 aromatic heterocycles. The molecule has 178 valence electrons. The Kier molecular flexibility index (Phi) is 7.24. The van der Waals surface area contributed by atoms with E-state index < -0.39 is 7.14 Å². The van der Waals surface area contributed by atoms with Crippen LogP contribution < -0.4 is 15.9 Å². The highest BCUT2D eigenvalue weighted by Crippen LogP contribution is 2.43. The summed E-state index contributed by atoms with van der Waals surface area (Å²) in [5, 5.41) is 21.4. The lowest BCUT2D eigenvalue weighted by atomic mass is 10.3. The second-order valence-corrected chi connectivity index (χ2v) is 13.2. The molecule has 0 atom stereocenters. The largest absolute Gasteiger partial charge is 0.508 e. The fourth-order valence-electron chi connectivity index (χ4n) is 3.83. The van der Waals surface area contributed by atoms with Crippen LogP contribution in [0.2, 0.25) is 0 Å². The van der Waals surface area contributed by atoms with Crippen LogP contribution >= 0.6 is 30.7 Å². The Labute approximate surface area is 219 Å². The summed E-state index contributed by atoms with van der Waals surface area (Å²) in [6.07, 6.45) is 0. The molecule has 0 amide bonds. The second-order valence-electron chi connectivity index (χ2n) is 8.12. The highest BCUT2D eigenvalue weighted by molar-refractivity contribution is 7.99. The van der Waals surface area contributed by atoms with E-state index in [-0.39, 0.29) is 11.5 Å². The van der Waals surface area contributed by atoms with E-state index >= 15 is 0 Å². The van der Waals surface area contributed by atoms with Crippen LogP contribution in [0.5, 0.6) is 11.5 Å². The van der Waals surface area contributed by atoms with Gasteiger partial charge in [0.25, 0.3) is 0 Å². The van der Waals surface area contributed by atoms with Crippen LogP contribution in [0.25, 0.3) is 0 Å². The van der Waals surface area contributed by atoms with Crippen molar-refractivity contribution in [3.05, 3.63) is 127 Å². The molecule has 0 fully saturated rings. The van der Waals surface area contributed by atoms with Crippen LogP contribution in [-0.2, 0) is 4.57 Å². The maximum atomic E-state index is 14.8. The van der Waals surface area contributed by atoms with Gasteiger partial charge in [0.2, 0.25) is 0 Å². The molecule has 0 aliphatic heterocycles. The molecule has 5 aromatic rings. The highest BCUT2D eigenvalue weighted by Gasteiger charge is 2.29. The topological polar surface area (TPSA) is 57.5 Å². The Hall–Kier alpha value is -3.37. The van der Waals surface area contributed by atoms with Gasteiger partial charge in [-0.3, -0.25) is 0 Å². The zero-order valence-corrected chi connectivity index (χ0v) is 21.7. The van der Waals surface area contributed by atoms with Gasteiger partial charge in [0.05, 0.1) is 0 Å². The fourth-order valence-corrected chi connectivity index (χ4v) is 8.09. The van der Waals surface area contributed by atoms with Crippen LogP contribution in [0, 0.1) is 0 Å². The molecule has 6 heteroatoms. The third-order valence-corrected chi connectivity index (χ3v) is 10.8. The van der Waals surface area contributed by atoms with Crippen molar-refractivity contribution in [2.75, 3.05) is 0 Å². The summed E-state index contributed by atoms with van der Waals surface area (Å²) in [5.41, 5.74) is 0. The van der Waals surface area contributed by atoms with E-state index in [0.29, 0.717) is 0 Å². The number of aromatic hydroxyl groups is 2. The van der Waals surface area contributed by atoms with Gasteiger partial charge in [0.15, 0.2) is 7.14 Å². The van der Waals surface area contributed by atoms with Crippen molar-refractivity contribution in [3.63, 3.8) is 0 Å². The Morgan fingerprint density at radius 3 is 1.08 bits per heavy atom. The first-order valence-corrected chi connectivity index (χ1v) is 14.7. The molecule has 5 aromatic carbocycles. The van der Waals surface area contributed by atoms with Gasteiger partial charge in [-0.15, -0.1) is 0 Å². The van der Waals surface area contributed by atoms with Crippen molar-refractivity contribution < 1.29 is 14.8 Å². The zero-order chi connectivity index (χ0) is 25.0. The predicted molar refractivity (Wildman–Crippen MR) is 150 cm³/mol.